The van der Waals surface area contributed by atoms with Gasteiger partial charge in [0.15, 0.2) is 0 Å². The second-order valence-corrected chi connectivity index (χ2v) is 6.81. The normalized spacial score (nSPS) is 31.2. The SMILES string of the molecule is Cc1cnn(C(C)C(=O)NC(C)C2CC3CCC2C3)c1. The fourth-order valence-corrected chi connectivity index (χ4v) is 4.12. The topological polar surface area (TPSA) is 46.9 Å². The third kappa shape index (κ3) is 2.48. The Morgan fingerprint density at radius 3 is 2.75 bits per heavy atom. The molecule has 5 unspecified atom stereocenters. The van der Waals surface area contributed by atoms with Gasteiger partial charge in [-0.2, -0.15) is 5.10 Å². The second-order valence-electron chi connectivity index (χ2n) is 6.81. The zero-order chi connectivity index (χ0) is 14.3. The summed E-state index contributed by atoms with van der Waals surface area (Å²) < 4.78 is 1.75. The zero-order valence-electron chi connectivity index (χ0n) is 12.7. The Kier molecular flexibility index (Phi) is 3.57. The van der Waals surface area contributed by atoms with Gasteiger partial charge >= 0.3 is 0 Å². The van der Waals surface area contributed by atoms with E-state index in [1.165, 1.54) is 25.7 Å². The molecule has 1 amide bonds. The summed E-state index contributed by atoms with van der Waals surface area (Å²) in [4.78, 5) is 12.4. The van der Waals surface area contributed by atoms with Crippen LogP contribution < -0.4 is 5.32 Å². The molecule has 1 aromatic rings. The maximum atomic E-state index is 12.4. The molecular formula is C16H25N3O. The van der Waals surface area contributed by atoms with Crippen molar-refractivity contribution in [1.82, 2.24) is 15.1 Å². The molecule has 0 saturated heterocycles. The van der Waals surface area contributed by atoms with Crippen LogP contribution in [-0.2, 0) is 4.79 Å². The Hall–Kier alpha value is -1.32. The van der Waals surface area contributed by atoms with E-state index in [1.807, 2.05) is 20.0 Å². The Bertz CT molecular complexity index is 496. The van der Waals surface area contributed by atoms with Gasteiger partial charge in [-0.05, 0) is 63.4 Å². The van der Waals surface area contributed by atoms with Crippen molar-refractivity contribution in [3.63, 3.8) is 0 Å². The lowest BCUT2D eigenvalue weighted by Gasteiger charge is -2.29. The second kappa shape index (κ2) is 5.23. The highest BCUT2D eigenvalue weighted by Crippen LogP contribution is 2.49. The standard InChI is InChI=1S/C16H25N3O/c1-10-8-17-19(9-10)12(3)16(20)18-11(2)15-7-13-4-5-14(15)6-13/h8-9,11-15H,4-7H2,1-3H3,(H,18,20). The van der Waals surface area contributed by atoms with E-state index in [4.69, 9.17) is 0 Å². The first-order valence-corrected chi connectivity index (χ1v) is 7.85. The van der Waals surface area contributed by atoms with Gasteiger partial charge in [-0.1, -0.05) is 6.42 Å². The molecule has 2 fully saturated rings. The molecule has 1 N–H and O–H groups in total. The molecule has 2 aliphatic carbocycles. The number of hydrogen-bond acceptors (Lipinski definition) is 2. The van der Waals surface area contributed by atoms with Crippen molar-refractivity contribution >= 4 is 5.91 Å². The average Bonchev–Trinajstić information content (AvgIpc) is 3.13. The van der Waals surface area contributed by atoms with Crippen LogP contribution in [0.4, 0.5) is 0 Å². The first-order valence-electron chi connectivity index (χ1n) is 7.85. The third-order valence-electron chi connectivity index (χ3n) is 5.31. The lowest BCUT2D eigenvalue weighted by molar-refractivity contribution is -0.125. The maximum Gasteiger partial charge on any atom is 0.244 e. The lowest BCUT2D eigenvalue weighted by atomic mass is 9.84. The first-order chi connectivity index (χ1) is 9.54. The van der Waals surface area contributed by atoms with Crippen LogP contribution in [0.2, 0.25) is 0 Å². The molecule has 3 rings (SSSR count). The molecule has 0 aromatic carbocycles. The molecule has 20 heavy (non-hydrogen) atoms. The summed E-state index contributed by atoms with van der Waals surface area (Å²) in [5.41, 5.74) is 1.09. The van der Waals surface area contributed by atoms with Crippen LogP contribution in [0.5, 0.6) is 0 Å². The highest BCUT2D eigenvalue weighted by molar-refractivity contribution is 5.80. The van der Waals surface area contributed by atoms with Crippen molar-refractivity contribution in [2.24, 2.45) is 17.8 Å². The molecule has 1 aromatic heterocycles. The Labute approximate surface area is 120 Å². The number of hydrogen-bond donors (Lipinski definition) is 1. The fourth-order valence-electron chi connectivity index (χ4n) is 4.12. The van der Waals surface area contributed by atoms with Crippen LogP contribution in [0.1, 0.15) is 51.1 Å². The van der Waals surface area contributed by atoms with Gasteiger partial charge in [-0.3, -0.25) is 9.48 Å². The summed E-state index contributed by atoms with van der Waals surface area (Å²) in [7, 11) is 0. The summed E-state index contributed by atoms with van der Waals surface area (Å²) in [6.07, 6.45) is 9.18. The van der Waals surface area contributed by atoms with E-state index in [9.17, 15) is 4.79 Å². The number of carbonyl (C=O) groups is 1. The molecule has 4 nitrogen and oxygen atoms in total. The minimum Gasteiger partial charge on any atom is -0.352 e. The van der Waals surface area contributed by atoms with Gasteiger partial charge < -0.3 is 5.32 Å². The summed E-state index contributed by atoms with van der Waals surface area (Å²) in [6.45, 7) is 6.08. The zero-order valence-corrected chi connectivity index (χ0v) is 12.7. The molecule has 4 heteroatoms. The van der Waals surface area contributed by atoms with Gasteiger partial charge in [0.25, 0.3) is 0 Å². The third-order valence-corrected chi connectivity index (χ3v) is 5.31. The van der Waals surface area contributed by atoms with Gasteiger partial charge in [-0.25, -0.2) is 0 Å². The number of nitrogens with one attached hydrogen (secondary N) is 1. The van der Waals surface area contributed by atoms with Crippen LogP contribution in [0.15, 0.2) is 12.4 Å². The van der Waals surface area contributed by atoms with E-state index in [0.717, 1.165) is 17.4 Å². The number of amides is 1. The summed E-state index contributed by atoms with van der Waals surface area (Å²) >= 11 is 0. The average molecular weight is 275 g/mol. The van der Waals surface area contributed by atoms with Crippen molar-refractivity contribution < 1.29 is 4.79 Å². The van der Waals surface area contributed by atoms with Gasteiger partial charge in [0.05, 0.1) is 6.20 Å². The molecule has 0 aliphatic heterocycles. The number of aromatic nitrogens is 2. The van der Waals surface area contributed by atoms with E-state index in [1.54, 1.807) is 10.9 Å². The van der Waals surface area contributed by atoms with Crippen LogP contribution in [0.3, 0.4) is 0 Å². The maximum absolute atomic E-state index is 12.4. The van der Waals surface area contributed by atoms with E-state index in [2.05, 4.69) is 17.3 Å². The van der Waals surface area contributed by atoms with Gasteiger partial charge in [0, 0.05) is 12.2 Å². The number of fused-ring (bicyclic) bond motifs is 2. The minimum absolute atomic E-state index is 0.0865. The number of nitrogens with zero attached hydrogens (tertiary/aromatic N) is 2. The van der Waals surface area contributed by atoms with Gasteiger partial charge in [-0.15, -0.1) is 0 Å². The van der Waals surface area contributed by atoms with Crippen molar-refractivity contribution in [2.75, 3.05) is 0 Å². The molecule has 2 bridgehead atoms. The quantitative estimate of drug-likeness (QED) is 0.918. The molecule has 0 spiro atoms. The van der Waals surface area contributed by atoms with Crippen molar-refractivity contribution in [3.8, 4) is 0 Å². The Balaban J connectivity index is 1.58. The van der Waals surface area contributed by atoms with Gasteiger partial charge in [0.2, 0.25) is 5.91 Å². The van der Waals surface area contributed by atoms with E-state index >= 15 is 0 Å². The highest BCUT2D eigenvalue weighted by Gasteiger charge is 2.42. The Morgan fingerprint density at radius 2 is 2.20 bits per heavy atom. The molecule has 5 atom stereocenters. The van der Waals surface area contributed by atoms with Crippen molar-refractivity contribution in [1.29, 1.82) is 0 Å². The fraction of sp³-hybridized carbons (Fsp3) is 0.750. The first kappa shape index (κ1) is 13.7. The van der Waals surface area contributed by atoms with E-state index in [-0.39, 0.29) is 18.0 Å². The van der Waals surface area contributed by atoms with Crippen LogP contribution in [-0.4, -0.2) is 21.7 Å². The molecule has 0 radical (unpaired) electrons. The smallest absolute Gasteiger partial charge is 0.244 e. The molecular weight excluding hydrogens is 250 g/mol. The lowest BCUT2D eigenvalue weighted by Crippen LogP contribution is -2.43. The van der Waals surface area contributed by atoms with Gasteiger partial charge in [0.1, 0.15) is 6.04 Å². The molecule has 1 heterocycles. The van der Waals surface area contributed by atoms with Crippen LogP contribution >= 0.6 is 0 Å². The highest BCUT2D eigenvalue weighted by atomic mass is 16.2. The number of carbonyl (C=O) groups excluding carboxylic acids is 1. The summed E-state index contributed by atoms with van der Waals surface area (Å²) in [5.74, 6) is 2.54. The minimum atomic E-state index is -0.232. The molecule has 110 valence electrons. The molecule has 2 aliphatic rings. The number of aryl methyl sites for hydroxylation is 1. The largest absolute Gasteiger partial charge is 0.352 e. The Morgan fingerprint density at radius 1 is 1.40 bits per heavy atom. The van der Waals surface area contributed by atoms with E-state index in [0.29, 0.717) is 5.92 Å². The van der Waals surface area contributed by atoms with Crippen molar-refractivity contribution in [3.05, 3.63) is 18.0 Å². The summed E-state index contributed by atoms with van der Waals surface area (Å²) in [5, 5.41) is 7.45. The summed E-state index contributed by atoms with van der Waals surface area (Å²) in [6, 6.07) is 0.0571. The number of rotatable bonds is 4. The van der Waals surface area contributed by atoms with E-state index < -0.39 is 0 Å². The van der Waals surface area contributed by atoms with Crippen LogP contribution in [0, 0.1) is 24.7 Å². The van der Waals surface area contributed by atoms with Crippen molar-refractivity contribution in [2.45, 2.75) is 58.5 Å². The monoisotopic (exact) mass is 275 g/mol. The predicted octanol–water partition coefficient (Wildman–Crippen LogP) is 2.69. The predicted molar refractivity (Wildman–Crippen MR) is 78.2 cm³/mol. The molecule has 2 saturated carbocycles. The van der Waals surface area contributed by atoms with Crippen LogP contribution in [0.25, 0.3) is 0 Å².